The third kappa shape index (κ3) is 4.58. The molecule has 1 heterocycles. The van der Waals surface area contributed by atoms with Crippen molar-refractivity contribution in [3.63, 3.8) is 0 Å². The standard InChI is InChI=1S/C23H19IN2O3S/c1-18-12-14-20(15-13-18)30(27,28)29-24(19-8-3-2-4-9-19)22-11-6-5-10-21(22)23-25-16-7-17-26-23/h2-17H,1H3. The molecule has 0 saturated heterocycles. The molecule has 0 spiro atoms. The molecule has 5 nitrogen and oxygen atoms in total. The summed E-state index contributed by atoms with van der Waals surface area (Å²) in [6.45, 7) is 1.91. The average Bonchev–Trinajstić information content (AvgIpc) is 2.79. The van der Waals surface area contributed by atoms with Crippen molar-refractivity contribution in [2.24, 2.45) is 0 Å². The van der Waals surface area contributed by atoms with Gasteiger partial charge >= 0.3 is 184 Å². The van der Waals surface area contributed by atoms with Crippen molar-refractivity contribution in [2.75, 3.05) is 0 Å². The first kappa shape index (κ1) is 20.6. The molecule has 152 valence electrons. The first-order valence-electron chi connectivity index (χ1n) is 9.18. The van der Waals surface area contributed by atoms with Gasteiger partial charge in [0.15, 0.2) is 0 Å². The van der Waals surface area contributed by atoms with Crippen LogP contribution in [-0.4, -0.2) is 18.4 Å². The molecule has 0 fully saturated rings. The maximum atomic E-state index is 13.1. The molecule has 1 aromatic heterocycles. The van der Waals surface area contributed by atoms with Gasteiger partial charge in [-0.2, -0.15) is 0 Å². The predicted molar refractivity (Wildman–Crippen MR) is 125 cm³/mol. The zero-order chi connectivity index (χ0) is 21.0. The van der Waals surface area contributed by atoms with Gasteiger partial charge in [-0.1, -0.05) is 0 Å². The van der Waals surface area contributed by atoms with Crippen molar-refractivity contribution in [3.05, 3.63) is 110 Å². The Morgan fingerprint density at radius 2 is 1.40 bits per heavy atom. The summed E-state index contributed by atoms with van der Waals surface area (Å²) in [5, 5.41) is 0. The van der Waals surface area contributed by atoms with E-state index in [1.54, 1.807) is 42.7 Å². The number of nitrogens with zero attached hydrogens (tertiary/aromatic N) is 2. The molecule has 3 aromatic carbocycles. The van der Waals surface area contributed by atoms with Gasteiger partial charge in [-0.05, 0) is 0 Å². The number of aromatic nitrogens is 2. The minimum absolute atomic E-state index is 0.153. The zero-order valence-electron chi connectivity index (χ0n) is 16.1. The monoisotopic (exact) mass is 530 g/mol. The summed E-state index contributed by atoms with van der Waals surface area (Å²) in [5.74, 6) is 0.544. The predicted octanol–water partition coefficient (Wildman–Crippen LogP) is 5.32. The molecule has 0 amide bonds. The summed E-state index contributed by atoms with van der Waals surface area (Å²) in [4.78, 5) is 8.87. The summed E-state index contributed by atoms with van der Waals surface area (Å²) in [6, 6.07) is 25.5. The fourth-order valence-corrected chi connectivity index (χ4v) is 10.1. The topological polar surface area (TPSA) is 69.2 Å². The molecule has 4 rings (SSSR count). The normalized spacial score (nSPS) is 11.8. The molecule has 30 heavy (non-hydrogen) atoms. The third-order valence-electron chi connectivity index (χ3n) is 4.25. The van der Waals surface area contributed by atoms with E-state index in [4.69, 9.17) is 2.51 Å². The van der Waals surface area contributed by atoms with E-state index in [0.717, 1.165) is 18.3 Å². The van der Waals surface area contributed by atoms with Gasteiger partial charge in [0.25, 0.3) is 0 Å². The van der Waals surface area contributed by atoms with Crippen LogP contribution in [0.4, 0.5) is 0 Å². The molecule has 0 aliphatic rings. The Morgan fingerprint density at radius 3 is 2.10 bits per heavy atom. The van der Waals surface area contributed by atoms with E-state index in [-0.39, 0.29) is 4.90 Å². The summed E-state index contributed by atoms with van der Waals surface area (Å²) in [5.41, 5.74) is 1.77. The molecule has 0 atom stereocenters. The molecular weight excluding hydrogens is 511 g/mol. The Balaban J connectivity index is 1.83. The minimum atomic E-state index is -3.94. The molecular formula is C23H19IN2O3S. The van der Waals surface area contributed by atoms with E-state index in [1.165, 1.54) is 0 Å². The molecule has 0 N–H and O–H groups in total. The third-order valence-corrected chi connectivity index (χ3v) is 11.7. The summed E-state index contributed by atoms with van der Waals surface area (Å²) in [6.07, 6.45) is 3.34. The van der Waals surface area contributed by atoms with Crippen LogP contribution in [0.5, 0.6) is 0 Å². The maximum absolute atomic E-state index is 13.1. The Labute approximate surface area is 183 Å². The van der Waals surface area contributed by atoms with E-state index in [9.17, 15) is 8.42 Å². The van der Waals surface area contributed by atoms with E-state index >= 15 is 0 Å². The fourth-order valence-electron chi connectivity index (χ4n) is 2.77. The van der Waals surface area contributed by atoms with Gasteiger partial charge in [-0.25, -0.2) is 0 Å². The van der Waals surface area contributed by atoms with Gasteiger partial charge in [-0.3, -0.25) is 0 Å². The SMILES string of the molecule is Cc1ccc(S(=O)(=O)OI(c2ccccc2)c2ccccc2-c2ncccn2)cc1. The van der Waals surface area contributed by atoms with Gasteiger partial charge in [0, 0.05) is 0 Å². The van der Waals surface area contributed by atoms with Crippen LogP contribution < -0.4 is 0 Å². The van der Waals surface area contributed by atoms with Crippen molar-refractivity contribution in [2.45, 2.75) is 11.8 Å². The van der Waals surface area contributed by atoms with Crippen LogP contribution in [-0.2, 0) is 12.6 Å². The van der Waals surface area contributed by atoms with E-state index in [0.29, 0.717) is 5.82 Å². The number of aryl methyl sites for hydroxylation is 1. The van der Waals surface area contributed by atoms with Crippen LogP contribution in [0.3, 0.4) is 0 Å². The zero-order valence-corrected chi connectivity index (χ0v) is 19.1. The van der Waals surface area contributed by atoms with Crippen LogP contribution in [0.1, 0.15) is 5.56 Å². The fraction of sp³-hybridized carbons (Fsp3) is 0.0435. The van der Waals surface area contributed by atoms with Crippen molar-refractivity contribution in [1.29, 1.82) is 0 Å². The van der Waals surface area contributed by atoms with Crippen LogP contribution in [0.25, 0.3) is 11.4 Å². The number of rotatable bonds is 6. The quantitative estimate of drug-likeness (QED) is 0.316. The summed E-state index contributed by atoms with van der Waals surface area (Å²) >= 11 is -2.86. The van der Waals surface area contributed by atoms with Gasteiger partial charge in [0.2, 0.25) is 0 Å². The average molecular weight is 530 g/mol. The number of benzene rings is 3. The van der Waals surface area contributed by atoms with Crippen molar-refractivity contribution in [3.8, 4) is 11.4 Å². The molecule has 0 unspecified atom stereocenters. The second-order valence-electron chi connectivity index (χ2n) is 6.43. The van der Waals surface area contributed by atoms with Gasteiger partial charge in [0.05, 0.1) is 0 Å². The van der Waals surface area contributed by atoms with E-state index in [1.807, 2.05) is 61.5 Å². The Morgan fingerprint density at radius 1 is 0.767 bits per heavy atom. The molecule has 0 aliphatic heterocycles. The summed E-state index contributed by atoms with van der Waals surface area (Å²) < 4.78 is 33.9. The first-order valence-corrected chi connectivity index (χ1v) is 13.6. The number of halogens is 1. The van der Waals surface area contributed by atoms with Crippen molar-refractivity contribution < 1.29 is 10.9 Å². The Hall–Kier alpha value is -2.62. The van der Waals surface area contributed by atoms with Crippen LogP contribution >= 0.6 is 20.2 Å². The molecule has 4 aromatic rings. The molecule has 7 heteroatoms. The van der Waals surface area contributed by atoms with Gasteiger partial charge in [0.1, 0.15) is 0 Å². The van der Waals surface area contributed by atoms with Crippen LogP contribution in [0, 0.1) is 14.1 Å². The first-order chi connectivity index (χ1) is 14.5. The number of hydrogen-bond acceptors (Lipinski definition) is 5. The number of hydrogen-bond donors (Lipinski definition) is 0. The van der Waals surface area contributed by atoms with Gasteiger partial charge in [-0.15, -0.1) is 0 Å². The van der Waals surface area contributed by atoms with Crippen LogP contribution in [0.15, 0.2) is 102 Å². The van der Waals surface area contributed by atoms with E-state index in [2.05, 4.69) is 9.97 Å². The summed E-state index contributed by atoms with van der Waals surface area (Å²) in [7, 11) is -3.94. The second-order valence-corrected chi connectivity index (χ2v) is 12.8. The molecule has 0 aliphatic carbocycles. The Kier molecular flexibility index (Phi) is 6.21. The van der Waals surface area contributed by atoms with Crippen molar-refractivity contribution in [1.82, 2.24) is 9.97 Å². The van der Waals surface area contributed by atoms with Crippen molar-refractivity contribution >= 4 is 30.4 Å². The van der Waals surface area contributed by atoms with Gasteiger partial charge < -0.3 is 0 Å². The van der Waals surface area contributed by atoms with E-state index < -0.39 is 30.4 Å². The molecule has 0 saturated carbocycles. The molecule has 0 bridgehead atoms. The second kappa shape index (κ2) is 9.03. The molecule has 0 radical (unpaired) electrons. The Bertz CT molecular complexity index is 1230. The van der Waals surface area contributed by atoms with Crippen LogP contribution in [0.2, 0.25) is 0 Å².